The summed E-state index contributed by atoms with van der Waals surface area (Å²) < 4.78 is 21.7. The van der Waals surface area contributed by atoms with E-state index in [4.69, 9.17) is 18.9 Å². The summed E-state index contributed by atoms with van der Waals surface area (Å²) in [6.45, 7) is 3.68. The summed E-state index contributed by atoms with van der Waals surface area (Å²) in [5.41, 5.74) is 0. The van der Waals surface area contributed by atoms with Crippen molar-refractivity contribution in [3.63, 3.8) is 0 Å². The number of hydrogen-bond acceptors (Lipinski definition) is 10. The van der Waals surface area contributed by atoms with Crippen molar-refractivity contribution in [1.29, 1.82) is 0 Å². The van der Waals surface area contributed by atoms with Crippen LogP contribution < -0.4 is 0 Å². The number of ether oxygens (including phenoxy) is 4. The molecule has 6 unspecified atom stereocenters. The van der Waals surface area contributed by atoms with Crippen LogP contribution in [0.15, 0.2) is 60.8 Å². The Bertz CT molecular complexity index is 1240. The molecule has 6 atom stereocenters. The minimum atomic E-state index is -1.87. The van der Waals surface area contributed by atoms with E-state index in [1.165, 1.54) is 64.2 Å². The molecule has 0 radical (unpaired) electrons. The second-order valence-corrected chi connectivity index (χ2v) is 16.2. The van der Waals surface area contributed by atoms with Gasteiger partial charge >= 0.3 is 17.9 Å². The van der Waals surface area contributed by atoms with Gasteiger partial charge in [-0.05, 0) is 77.0 Å². The maximum absolute atomic E-state index is 12.8. The highest BCUT2D eigenvalue weighted by Gasteiger charge is 2.47. The van der Waals surface area contributed by atoms with E-state index in [0.717, 1.165) is 83.5 Å². The van der Waals surface area contributed by atoms with Gasteiger partial charge in [-0.15, -0.1) is 0 Å². The van der Waals surface area contributed by atoms with Crippen LogP contribution in [0.2, 0.25) is 0 Å². The third kappa shape index (κ3) is 31.4. The smallest absolute Gasteiger partial charge is 0.335 e. The van der Waals surface area contributed by atoms with Gasteiger partial charge in [0, 0.05) is 12.8 Å². The summed E-state index contributed by atoms with van der Waals surface area (Å²) in [7, 11) is 0. The average molecular weight is 861 g/mol. The summed E-state index contributed by atoms with van der Waals surface area (Å²) in [5, 5.41) is 39.9. The number of unbranched alkanes of at least 4 members (excludes halogenated alkanes) is 18. The van der Waals surface area contributed by atoms with Gasteiger partial charge in [0.2, 0.25) is 0 Å². The summed E-state index contributed by atoms with van der Waals surface area (Å²) >= 11 is 0. The van der Waals surface area contributed by atoms with Gasteiger partial charge < -0.3 is 39.4 Å². The molecule has 4 N–H and O–H groups in total. The maximum Gasteiger partial charge on any atom is 0.335 e. The summed E-state index contributed by atoms with van der Waals surface area (Å²) in [6, 6.07) is 0. The van der Waals surface area contributed by atoms with Crippen molar-refractivity contribution in [3.05, 3.63) is 60.8 Å². The first kappa shape index (κ1) is 55.9. The Morgan fingerprint density at radius 1 is 0.525 bits per heavy atom. The second-order valence-electron chi connectivity index (χ2n) is 16.2. The predicted octanol–water partition coefficient (Wildman–Crippen LogP) is 10.7. The lowest BCUT2D eigenvalue weighted by atomic mass is 9.99. The van der Waals surface area contributed by atoms with Crippen molar-refractivity contribution >= 4 is 17.9 Å². The van der Waals surface area contributed by atoms with Crippen molar-refractivity contribution < 1.29 is 53.8 Å². The van der Waals surface area contributed by atoms with Crippen molar-refractivity contribution in [2.24, 2.45) is 0 Å². The van der Waals surface area contributed by atoms with E-state index in [-0.39, 0.29) is 19.4 Å². The van der Waals surface area contributed by atoms with Crippen molar-refractivity contribution in [2.45, 2.75) is 224 Å². The zero-order valence-corrected chi connectivity index (χ0v) is 37.9. The SMILES string of the molecule is CC/C=C\C/C=C\C/C=C\C/C=C\CCCCCCC(=O)OCC(COC1OC(C(=O)O)C(O)C(O)C1O)OC(=O)CCCCCCCCC/C=C\CCCCCCCCC. The highest BCUT2D eigenvalue weighted by atomic mass is 16.7. The third-order valence-corrected chi connectivity index (χ3v) is 10.6. The van der Waals surface area contributed by atoms with E-state index >= 15 is 0 Å². The van der Waals surface area contributed by atoms with E-state index in [2.05, 4.69) is 74.6 Å². The summed E-state index contributed by atoms with van der Waals surface area (Å²) in [4.78, 5) is 36.9. The van der Waals surface area contributed by atoms with Crippen LogP contribution in [0.5, 0.6) is 0 Å². The number of carboxylic acids is 1. The first-order valence-corrected chi connectivity index (χ1v) is 23.8. The van der Waals surface area contributed by atoms with Crippen molar-refractivity contribution in [2.75, 3.05) is 13.2 Å². The molecule has 61 heavy (non-hydrogen) atoms. The second kappa shape index (κ2) is 39.7. The third-order valence-electron chi connectivity index (χ3n) is 10.6. The highest BCUT2D eigenvalue weighted by molar-refractivity contribution is 5.73. The van der Waals surface area contributed by atoms with E-state index < -0.39 is 61.3 Å². The zero-order chi connectivity index (χ0) is 44.6. The molecule has 0 saturated carbocycles. The lowest BCUT2D eigenvalue weighted by molar-refractivity contribution is -0.298. The van der Waals surface area contributed by atoms with Crippen LogP contribution in [0.1, 0.15) is 187 Å². The van der Waals surface area contributed by atoms with Gasteiger partial charge in [0.15, 0.2) is 18.5 Å². The first-order chi connectivity index (χ1) is 29.7. The molecule has 0 amide bonds. The van der Waals surface area contributed by atoms with Gasteiger partial charge in [0.05, 0.1) is 6.61 Å². The lowest BCUT2D eigenvalue weighted by Gasteiger charge is -2.38. The number of esters is 2. The first-order valence-electron chi connectivity index (χ1n) is 23.8. The Morgan fingerprint density at radius 2 is 0.967 bits per heavy atom. The van der Waals surface area contributed by atoms with Crippen LogP contribution in [-0.4, -0.2) is 88.4 Å². The van der Waals surface area contributed by atoms with Crippen LogP contribution >= 0.6 is 0 Å². The molecule has 1 aliphatic rings. The molecular weight excluding hydrogens is 777 g/mol. The van der Waals surface area contributed by atoms with Crippen molar-refractivity contribution in [3.8, 4) is 0 Å². The fourth-order valence-corrected chi connectivity index (χ4v) is 6.86. The molecule has 1 aliphatic heterocycles. The Balaban J connectivity index is 2.37. The van der Waals surface area contributed by atoms with Crippen LogP contribution in [-0.2, 0) is 33.3 Å². The molecule has 11 heteroatoms. The molecule has 0 aromatic rings. The number of aliphatic hydroxyl groups excluding tert-OH is 3. The van der Waals surface area contributed by atoms with E-state index in [9.17, 15) is 34.8 Å². The largest absolute Gasteiger partial charge is 0.479 e. The molecule has 1 heterocycles. The molecule has 11 nitrogen and oxygen atoms in total. The summed E-state index contributed by atoms with van der Waals surface area (Å²) in [6.07, 6.45) is 39.8. The predicted molar refractivity (Wildman–Crippen MR) is 243 cm³/mol. The molecule has 1 fully saturated rings. The maximum atomic E-state index is 12.8. The van der Waals surface area contributed by atoms with Gasteiger partial charge in [-0.3, -0.25) is 9.59 Å². The molecule has 350 valence electrons. The van der Waals surface area contributed by atoms with Gasteiger partial charge in [-0.2, -0.15) is 0 Å². The van der Waals surface area contributed by atoms with Crippen LogP contribution in [0.4, 0.5) is 0 Å². The van der Waals surface area contributed by atoms with Gasteiger partial charge in [0.25, 0.3) is 0 Å². The number of rotatable bonds is 39. The van der Waals surface area contributed by atoms with Crippen LogP contribution in [0.25, 0.3) is 0 Å². The minimum Gasteiger partial charge on any atom is -0.479 e. The Labute approximate surface area is 368 Å². The Morgan fingerprint density at radius 3 is 1.48 bits per heavy atom. The fourth-order valence-electron chi connectivity index (χ4n) is 6.86. The van der Waals surface area contributed by atoms with Gasteiger partial charge in [0.1, 0.15) is 24.9 Å². The van der Waals surface area contributed by atoms with Crippen LogP contribution in [0.3, 0.4) is 0 Å². The van der Waals surface area contributed by atoms with E-state index in [0.29, 0.717) is 12.8 Å². The van der Waals surface area contributed by atoms with E-state index in [1.54, 1.807) is 0 Å². The molecule has 0 bridgehead atoms. The number of carbonyl (C=O) groups excluding carboxylic acids is 2. The molecular formula is C50H84O11. The van der Waals surface area contributed by atoms with Crippen LogP contribution in [0, 0.1) is 0 Å². The lowest BCUT2D eigenvalue weighted by Crippen LogP contribution is -2.60. The minimum absolute atomic E-state index is 0.170. The fraction of sp³-hybridized carbons (Fsp3) is 0.740. The highest BCUT2D eigenvalue weighted by Crippen LogP contribution is 2.23. The van der Waals surface area contributed by atoms with E-state index in [1.807, 2.05) is 0 Å². The normalized spacial score (nSPS) is 20.2. The monoisotopic (exact) mass is 861 g/mol. The number of carboxylic acid groups (broad SMARTS) is 1. The number of aliphatic hydroxyl groups is 3. The Kier molecular flexibility index (Phi) is 36.4. The summed E-state index contributed by atoms with van der Waals surface area (Å²) in [5.74, 6) is -2.48. The number of allylic oxidation sites excluding steroid dienone is 10. The molecule has 0 aromatic carbocycles. The number of hydrogen-bond donors (Lipinski definition) is 4. The topological polar surface area (TPSA) is 169 Å². The van der Waals surface area contributed by atoms with Crippen molar-refractivity contribution in [1.82, 2.24) is 0 Å². The molecule has 1 saturated heterocycles. The zero-order valence-electron chi connectivity index (χ0n) is 37.9. The number of aliphatic carboxylic acids is 1. The standard InChI is InChI=1S/C50H84O11/c1-3-5-7-9-11-13-15-17-19-21-23-25-27-29-31-33-35-37-39-44(52)60-42(41-59-50-47(55)45(53)46(54)48(61-50)49(56)57)40-58-43(51)38-36-34-32-30-28-26-24-22-20-18-16-14-12-10-8-6-4-2/h6,8,12,14,18-21,24,26,42,45-48,50,53-55H,3-5,7,9-11,13,15-17,22-23,25,27-41H2,1-2H3,(H,56,57)/b8-6-,14-12-,20-18-,21-19-,26-24-. The molecule has 0 aliphatic carbocycles. The molecule has 0 spiro atoms. The van der Waals surface area contributed by atoms with Gasteiger partial charge in [-0.1, -0.05) is 158 Å². The Hall–Kier alpha value is -3.09. The number of carbonyl (C=O) groups is 3. The molecule has 0 aromatic heterocycles. The van der Waals surface area contributed by atoms with Gasteiger partial charge in [-0.25, -0.2) is 4.79 Å². The quantitative estimate of drug-likeness (QED) is 0.0264. The average Bonchev–Trinajstić information content (AvgIpc) is 3.24. The molecule has 1 rings (SSSR count).